The van der Waals surface area contributed by atoms with Crippen molar-refractivity contribution < 1.29 is 4.42 Å². The smallest absolute Gasteiger partial charge is 0.122 e. The average Bonchev–Trinajstić information content (AvgIpc) is 2.90. The van der Waals surface area contributed by atoms with E-state index in [0.717, 1.165) is 30.9 Å². The Kier molecular flexibility index (Phi) is 3.91. The maximum absolute atomic E-state index is 5.67. The highest BCUT2D eigenvalue weighted by Gasteiger charge is 2.34. The van der Waals surface area contributed by atoms with Gasteiger partial charge in [0.15, 0.2) is 0 Å². The van der Waals surface area contributed by atoms with Crippen LogP contribution >= 0.6 is 0 Å². The molecule has 4 nitrogen and oxygen atoms in total. The molecule has 2 aliphatic heterocycles. The highest BCUT2D eigenvalue weighted by atomic mass is 16.3. The van der Waals surface area contributed by atoms with Crippen molar-refractivity contribution in [2.75, 3.05) is 27.2 Å². The van der Waals surface area contributed by atoms with Gasteiger partial charge in [0.25, 0.3) is 0 Å². The molecule has 1 N–H and O–H groups in total. The summed E-state index contributed by atoms with van der Waals surface area (Å²) >= 11 is 0. The summed E-state index contributed by atoms with van der Waals surface area (Å²) in [6.45, 7) is 4.24. The molecular weight excluding hydrogens is 238 g/mol. The number of fused-ring (bicyclic) bond motifs is 2. The minimum absolute atomic E-state index is 0.746. The highest BCUT2D eigenvalue weighted by Crippen LogP contribution is 2.29. The van der Waals surface area contributed by atoms with Crippen molar-refractivity contribution in [3.05, 3.63) is 23.7 Å². The van der Waals surface area contributed by atoms with Gasteiger partial charge in [-0.15, -0.1) is 0 Å². The number of furan rings is 1. The van der Waals surface area contributed by atoms with E-state index in [9.17, 15) is 0 Å². The summed E-state index contributed by atoms with van der Waals surface area (Å²) in [4.78, 5) is 5.16. The first-order valence-electron chi connectivity index (χ1n) is 7.42. The predicted octanol–water partition coefficient (Wildman–Crippen LogP) is 1.67. The molecule has 0 saturated carbocycles. The zero-order valence-electron chi connectivity index (χ0n) is 12.1. The number of nitrogens with zero attached hydrogens (tertiary/aromatic N) is 2. The normalized spacial score (nSPS) is 28.7. The molecule has 0 aromatic carbocycles. The monoisotopic (exact) mass is 263 g/mol. The summed E-state index contributed by atoms with van der Waals surface area (Å²) in [5.74, 6) is 1.13. The van der Waals surface area contributed by atoms with Crippen molar-refractivity contribution in [2.45, 2.75) is 44.4 Å². The lowest BCUT2D eigenvalue weighted by Gasteiger charge is -2.25. The molecule has 0 radical (unpaired) electrons. The quantitative estimate of drug-likeness (QED) is 0.895. The summed E-state index contributed by atoms with van der Waals surface area (Å²) in [6.07, 6.45) is 5.87. The van der Waals surface area contributed by atoms with Gasteiger partial charge < -0.3 is 9.73 Å². The predicted molar refractivity (Wildman–Crippen MR) is 75.9 cm³/mol. The standard InChI is InChI=1S/C15H25N3O/c1-16-9-12-6-8-19-15(12)11-18-7-5-13-3-4-14(10-18)17(13)2/h6,8,13-14,16H,3-5,7,9-11H2,1-2H3. The number of hydrogen-bond donors (Lipinski definition) is 1. The van der Waals surface area contributed by atoms with Gasteiger partial charge in [-0.25, -0.2) is 0 Å². The van der Waals surface area contributed by atoms with Crippen LogP contribution in [0, 0.1) is 0 Å². The highest BCUT2D eigenvalue weighted by molar-refractivity contribution is 5.16. The molecule has 0 aliphatic carbocycles. The molecule has 0 spiro atoms. The molecule has 2 bridgehead atoms. The first-order valence-corrected chi connectivity index (χ1v) is 7.42. The van der Waals surface area contributed by atoms with E-state index < -0.39 is 0 Å². The van der Waals surface area contributed by atoms with Gasteiger partial charge in [0.1, 0.15) is 5.76 Å². The van der Waals surface area contributed by atoms with E-state index in [1.807, 2.05) is 13.3 Å². The molecule has 0 amide bonds. The molecular formula is C15H25N3O. The summed E-state index contributed by atoms with van der Waals surface area (Å²) in [5, 5.41) is 3.21. The van der Waals surface area contributed by atoms with Gasteiger partial charge in [-0.3, -0.25) is 9.80 Å². The van der Waals surface area contributed by atoms with Crippen molar-refractivity contribution in [1.29, 1.82) is 0 Å². The Morgan fingerprint density at radius 3 is 3.00 bits per heavy atom. The van der Waals surface area contributed by atoms with Gasteiger partial charge in [-0.2, -0.15) is 0 Å². The van der Waals surface area contributed by atoms with Crippen LogP contribution < -0.4 is 5.32 Å². The van der Waals surface area contributed by atoms with Crippen molar-refractivity contribution in [3.8, 4) is 0 Å². The van der Waals surface area contributed by atoms with Crippen LogP contribution in [0.3, 0.4) is 0 Å². The first kappa shape index (κ1) is 13.2. The summed E-state index contributed by atoms with van der Waals surface area (Å²) < 4.78 is 5.67. The molecule has 2 aliphatic rings. The number of likely N-dealkylation sites (tertiary alicyclic amines) is 1. The molecule has 3 heterocycles. The third-order valence-electron chi connectivity index (χ3n) is 4.80. The molecule has 2 saturated heterocycles. The SMILES string of the molecule is CNCc1ccoc1CN1CCC2CCC(C1)N2C. The topological polar surface area (TPSA) is 31.7 Å². The largest absolute Gasteiger partial charge is 0.468 e. The Morgan fingerprint density at radius 2 is 2.16 bits per heavy atom. The Hall–Kier alpha value is -0.840. The fraction of sp³-hybridized carbons (Fsp3) is 0.733. The van der Waals surface area contributed by atoms with Crippen molar-refractivity contribution in [3.63, 3.8) is 0 Å². The molecule has 1 aromatic heterocycles. The van der Waals surface area contributed by atoms with Crippen LogP contribution in [0.2, 0.25) is 0 Å². The van der Waals surface area contributed by atoms with Crippen LogP contribution in [0.1, 0.15) is 30.6 Å². The fourth-order valence-corrected chi connectivity index (χ4v) is 3.58. The summed E-state index contributed by atoms with van der Waals surface area (Å²) in [6, 6.07) is 3.64. The lowest BCUT2D eigenvalue weighted by molar-refractivity contribution is 0.204. The molecule has 19 heavy (non-hydrogen) atoms. The molecule has 106 valence electrons. The third kappa shape index (κ3) is 2.71. The van der Waals surface area contributed by atoms with Gasteiger partial charge in [-0.1, -0.05) is 0 Å². The molecule has 3 rings (SSSR count). The Bertz CT molecular complexity index is 417. The van der Waals surface area contributed by atoms with E-state index in [1.54, 1.807) is 0 Å². The molecule has 2 unspecified atom stereocenters. The van der Waals surface area contributed by atoms with Gasteiger partial charge in [0.2, 0.25) is 0 Å². The molecule has 2 atom stereocenters. The lowest BCUT2D eigenvalue weighted by atomic mass is 10.1. The van der Waals surface area contributed by atoms with Gasteiger partial charge >= 0.3 is 0 Å². The second kappa shape index (κ2) is 5.65. The molecule has 4 heteroatoms. The van der Waals surface area contributed by atoms with Crippen LogP contribution in [-0.2, 0) is 13.1 Å². The van der Waals surface area contributed by atoms with E-state index >= 15 is 0 Å². The number of nitrogens with one attached hydrogen (secondary N) is 1. The van der Waals surface area contributed by atoms with Crippen LogP contribution in [0.5, 0.6) is 0 Å². The second-order valence-electron chi connectivity index (χ2n) is 5.97. The van der Waals surface area contributed by atoms with Gasteiger partial charge in [-0.05, 0) is 39.4 Å². The maximum atomic E-state index is 5.67. The molecule has 2 fully saturated rings. The van der Waals surface area contributed by atoms with Crippen LogP contribution in [0.25, 0.3) is 0 Å². The van der Waals surface area contributed by atoms with E-state index in [2.05, 4.69) is 28.2 Å². The number of likely N-dealkylation sites (N-methyl/N-ethyl adjacent to an activating group) is 1. The van der Waals surface area contributed by atoms with Gasteiger partial charge in [0, 0.05) is 37.3 Å². The zero-order valence-corrected chi connectivity index (χ0v) is 12.1. The summed E-state index contributed by atoms with van der Waals surface area (Å²) in [5.41, 5.74) is 1.30. The van der Waals surface area contributed by atoms with E-state index in [0.29, 0.717) is 0 Å². The Morgan fingerprint density at radius 1 is 1.32 bits per heavy atom. The fourth-order valence-electron chi connectivity index (χ4n) is 3.58. The Labute approximate surface area is 115 Å². The first-order chi connectivity index (χ1) is 9.28. The second-order valence-corrected chi connectivity index (χ2v) is 5.97. The number of rotatable bonds is 4. The summed E-state index contributed by atoms with van der Waals surface area (Å²) in [7, 11) is 4.28. The van der Waals surface area contributed by atoms with Crippen molar-refractivity contribution in [1.82, 2.24) is 15.1 Å². The van der Waals surface area contributed by atoms with Crippen LogP contribution in [0.4, 0.5) is 0 Å². The van der Waals surface area contributed by atoms with Crippen molar-refractivity contribution >= 4 is 0 Å². The average molecular weight is 263 g/mol. The molecule has 1 aromatic rings. The lowest BCUT2D eigenvalue weighted by Crippen LogP contribution is -2.36. The minimum Gasteiger partial charge on any atom is -0.468 e. The van der Waals surface area contributed by atoms with Crippen molar-refractivity contribution in [2.24, 2.45) is 0 Å². The number of hydrogen-bond acceptors (Lipinski definition) is 4. The van der Waals surface area contributed by atoms with E-state index in [-0.39, 0.29) is 0 Å². The van der Waals surface area contributed by atoms with E-state index in [4.69, 9.17) is 4.42 Å². The Balaban J connectivity index is 1.65. The van der Waals surface area contributed by atoms with Crippen LogP contribution in [-0.4, -0.2) is 49.1 Å². The van der Waals surface area contributed by atoms with Crippen LogP contribution in [0.15, 0.2) is 16.7 Å². The zero-order chi connectivity index (χ0) is 13.2. The maximum Gasteiger partial charge on any atom is 0.122 e. The van der Waals surface area contributed by atoms with Gasteiger partial charge in [0.05, 0.1) is 12.8 Å². The van der Waals surface area contributed by atoms with E-state index in [1.165, 1.54) is 37.9 Å². The third-order valence-corrected chi connectivity index (χ3v) is 4.80. The minimum atomic E-state index is 0.746.